The number of hydrogen-bond acceptors (Lipinski definition) is 5. The van der Waals surface area contributed by atoms with Crippen molar-refractivity contribution in [1.82, 2.24) is 4.90 Å². The number of aryl methyl sites for hydroxylation is 1. The van der Waals surface area contributed by atoms with E-state index in [4.69, 9.17) is 4.74 Å². The molecule has 0 aromatic heterocycles. The van der Waals surface area contributed by atoms with Gasteiger partial charge in [-0.3, -0.25) is 19.7 Å². The van der Waals surface area contributed by atoms with Gasteiger partial charge >= 0.3 is 0 Å². The lowest BCUT2D eigenvalue weighted by atomic mass is 10.1. The van der Waals surface area contributed by atoms with Crippen LogP contribution in [0.3, 0.4) is 0 Å². The molecule has 1 aliphatic heterocycles. The number of nitro benzene ring substituents is 1. The molecule has 2 aromatic carbocycles. The molecule has 1 atom stereocenters. The third kappa shape index (κ3) is 3.46. The van der Waals surface area contributed by atoms with Gasteiger partial charge in [-0.25, -0.2) is 0 Å². The van der Waals surface area contributed by atoms with Crippen LogP contribution < -0.4 is 9.64 Å². The molecule has 0 N–H and O–H groups in total. The minimum absolute atomic E-state index is 0.0467. The Morgan fingerprint density at radius 3 is 2.56 bits per heavy atom. The van der Waals surface area contributed by atoms with E-state index in [0.29, 0.717) is 22.6 Å². The highest BCUT2D eigenvalue weighted by Gasteiger charge is 2.35. The summed E-state index contributed by atoms with van der Waals surface area (Å²) in [7, 11) is 3.25. The summed E-state index contributed by atoms with van der Waals surface area (Å²) < 4.78 is 5.77. The highest BCUT2D eigenvalue weighted by Crippen LogP contribution is 2.34. The van der Waals surface area contributed by atoms with Crippen molar-refractivity contribution in [3.8, 4) is 5.75 Å². The molecular weight excluding hydrogens is 350 g/mol. The molecule has 0 saturated heterocycles. The number of nitrogens with zero attached hydrogens (tertiary/aromatic N) is 3. The van der Waals surface area contributed by atoms with E-state index in [1.54, 1.807) is 45.3 Å². The largest absolute Gasteiger partial charge is 0.476 e. The number of carbonyl (C=O) groups excluding carboxylic acids is 2. The van der Waals surface area contributed by atoms with Crippen LogP contribution in [0.15, 0.2) is 42.5 Å². The SMILES string of the molecule is Cc1cc(C(=O)N2CC(C(=O)N(C)C)Oc3ccccc32)ccc1[N+](=O)[O-]. The number of rotatable bonds is 3. The molecule has 0 aliphatic carbocycles. The van der Waals surface area contributed by atoms with E-state index < -0.39 is 11.0 Å². The van der Waals surface area contributed by atoms with Crippen LogP contribution in [0, 0.1) is 17.0 Å². The van der Waals surface area contributed by atoms with E-state index in [-0.39, 0.29) is 24.0 Å². The maximum atomic E-state index is 13.1. The summed E-state index contributed by atoms with van der Waals surface area (Å²) in [6.07, 6.45) is -0.821. The number of anilines is 1. The van der Waals surface area contributed by atoms with Gasteiger partial charge in [0.15, 0.2) is 6.10 Å². The molecule has 140 valence electrons. The van der Waals surface area contributed by atoms with Gasteiger partial charge in [-0.05, 0) is 31.2 Å². The number of ether oxygens (including phenoxy) is 1. The lowest BCUT2D eigenvalue weighted by molar-refractivity contribution is -0.385. The van der Waals surface area contributed by atoms with Crippen LogP contribution in [0.25, 0.3) is 0 Å². The lowest BCUT2D eigenvalue weighted by Crippen LogP contribution is -2.50. The monoisotopic (exact) mass is 369 g/mol. The third-order valence-electron chi connectivity index (χ3n) is 4.38. The smallest absolute Gasteiger partial charge is 0.272 e. The van der Waals surface area contributed by atoms with Gasteiger partial charge in [-0.2, -0.15) is 0 Å². The van der Waals surface area contributed by atoms with Crippen LogP contribution in [0.1, 0.15) is 15.9 Å². The first-order chi connectivity index (χ1) is 12.8. The molecule has 1 aliphatic rings. The Balaban J connectivity index is 1.98. The Morgan fingerprint density at radius 1 is 1.22 bits per heavy atom. The topological polar surface area (TPSA) is 93.0 Å². The van der Waals surface area contributed by atoms with Gasteiger partial charge in [-0.15, -0.1) is 0 Å². The first-order valence-electron chi connectivity index (χ1n) is 8.33. The molecule has 1 heterocycles. The normalized spacial score (nSPS) is 15.5. The van der Waals surface area contributed by atoms with Crippen molar-refractivity contribution < 1.29 is 19.2 Å². The fraction of sp³-hybridized carbons (Fsp3) is 0.263. The van der Waals surface area contributed by atoms with E-state index >= 15 is 0 Å². The molecule has 0 radical (unpaired) electrons. The molecule has 2 amide bonds. The predicted octanol–water partition coefficient (Wildman–Crippen LogP) is 2.40. The third-order valence-corrected chi connectivity index (χ3v) is 4.38. The fourth-order valence-electron chi connectivity index (χ4n) is 2.99. The van der Waals surface area contributed by atoms with E-state index in [1.807, 2.05) is 0 Å². The molecule has 27 heavy (non-hydrogen) atoms. The maximum Gasteiger partial charge on any atom is 0.272 e. The minimum Gasteiger partial charge on any atom is -0.476 e. The van der Waals surface area contributed by atoms with Crippen LogP contribution in [0.2, 0.25) is 0 Å². The molecule has 1 unspecified atom stereocenters. The van der Waals surface area contributed by atoms with Crippen molar-refractivity contribution in [3.05, 3.63) is 63.7 Å². The van der Waals surface area contributed by atoms with Crippen LogP contribution in [-0.2, 0) is 4.79 Å². The van der Waals surface area contributed by atoms with E-state index in [2.05, 4.69) is 0 Å². The highest BCUT2D eigenvalue weighted by atomic mass is 16.6. The predicted molar refractivity (Wildman–Crippen MR) is 99.1 cm³/mol. The summed E-state index contributed by atoms with van der Waals surface area (Å²) >= 11 is 0. The zero-order valence-electron chi connectivity index (χ0n) is 15.2. The average molecular weight is 369 g/mol. The Kier molecular flexibility index (Phi) is 4.81. The van der Waals surface area contributed by atoms with Crippen LogP contribution in [0.5, 0.6) is 5.75 Å². The fourth-order valence-corrected chi connectivity index (χ4v) is 2.99. The molecule has 3 rings (SSSR count). The van der Waals surface area contributed by atoms with Crippen LogP contribution in [0.4, 0.5) is 11.4 Å². The standard InChI is InChI=1S/C19H19N3O5/c1-12-10-13(8-9-14(12)22(25)26)18(23)21-11-17(19(24)20(2)3)27-16-7-5-4-6-15(16)21/h4-10,17H,11H2,1-3H3. The van der Waals surface area contributed by atoms with Crippen LogP contribution >= 0.6 is 0 Å². The molecule has 0 fully saturated rings. The zero-order chi connectivity index (χ0) is 19.7. The molecule has 0 spiro atoms. The van der Waals surface area contributed by atoms with Crippen molar-refractivity contribution in [2.45, 2.75) is 13.0 Å². The quantitative estimate of drug-likeness (QED) is 0.612. The second kappa shape index (κ2) is 7.06. The van der Waals surface area contributed by atoms with Gasteiger partial charge < -0.3 is 14.5 Å². The maximum absolute atomic E-state index is 13.1. The number of fused-ring (bicyclic) bond motifs is 1. The first kappa shape index (κ1) is 18.4. The zero-order valence-corrected chi connectivity index (χ0v) is 15.2. The van der Waals surface area contributed by atoms with Gasteiger partial charge in [0.2, 0.25) is 0 Å². The van der Waals surface area contributed by atoms with Gasteiger partial charge in [0.1, 0.15) is 5.75 Å². The number of hydrogen-bond donors (Lipinski definition) is 0. The highest BCUT2D eigenvalue weighted by molar-refractivity contribution is 6.08. The van der Waals surface area contributed by atoms with Crippen molar-refractivity contribution in [1.29, 1.82) is 0 Å². The first-order valence-corrected chi connectivity index (χ1v) is 8.33. The Labute approximate surface area is 156 Å². The number of likely N-dealkylation sites (N-methyl/N-ethyl adjacent to an activating group) is 1. The van der Waals surface area contributed by atoms with Crippen molar-refractivity contribution in [2.75, 3.05) is 25.5 Å². The summed E-state index contributed by atoms with van der Waals surface area (Å²) in [5.74, 6) is -0.154. The summed E-state index contributed by atoms with van der Waals surface area (Å²) in [4.78, 5) is 38.9. The molecular formula is C19H19N3O5. The number of nitro groups is 1. The molecule has 8 heteroatoms. The molecule has 8 nitrogen and oxygen atoms in total. The summed E-state index contributed by atoms with van der Waals surface area (Å²) in [6.45, 7) is 1.64. The van der Waals surface area contributed by atoms with Gasteiger partial charge in [0.25, 0.3) is 17.5 Å². The number of carbonyl (C=O) groups is 2. The van der Waals surface area contributed by atoms with Gasteiger partial charge in [0, 0.05) is 31.3 Å². The second-order valence-corrected chi connectivity index (χ2v) is 6.48. The van der Waals surface area contributed by atoms with E-state index in [1.165, 1.54) is 28.0 Å². The summed E-state index contributed by atoms with van der Waals surface area (Å²) in [6, 6.07) is 11.2. The van der Waals surface area contributed by atoms with Gasteiger partial charge in [-0.1, -0.05) is 12.1 Å². The Bertz CT molecular complexity index is 925. The minimum atomic E-state index is -0.821. The van der Waals surface area contributed by atoms with Crippen molar-refractivity contribution in [2.24, 2.45) is 0 Å². The molecule has 0 saturated carbocycles. The van der Waals surface area contributed by atoms with Gasteiger partial charge in [0.05, 0.1) is 17.2 Å². The Hall–Kier alpha value is -3.42. The van der Waals surface area contributed by atoms with Crippen molar-refractivity contribution in [3.63, 3.8) is 0 Å². The molecule has 0 bridgehead atoms. The second-order valence-electron chi connectivity index (χ2n) is 6.48. The lowest BCUT2D eigenvalue weighted by Gasteiger charge is -2.35. The van der Waals surface area contributed by atoms with Crippen molar-refractivity contribution >= 4 is 23.2 Å². The summed E-state index contributed by atoms with van der Waals surface area (Å²) in [5, 5.41) is 11.0. The number of amides is 2. The number of para-hydroxylation sites is 2. The van der Waals surface area contributed by atoms with E-state index in [0.717, 1.165) is 0 Å². The van der Waals surface area contributed by atoms with E-state index in [9.17, 15) is 19.7 Å². The Morgan fingerprint density at radius 2 is 1.93 bits per heavy atom. The number of benzene rings is 2. The molecule has 2 aromatic rings. The summed E-state index contributed by atoms with van der Waals surface area (Å²) in [5.41, 5.74) is 1.22. The van der Waals surface area contributed by atoms with Crippen LogP contribution in [-0.4, -0.2) is 48.4 Å². The average Bonchev–Trinajstić information content (AvgIpc) is 2.65.